The Morgan fingerprint density at radius 3 is 2.88 bits per heavy atom. The van der Waals surface area contributed by atoms with Gasteiger partial charge in [0, 0.05) is 12.1 Å². The molecule has 1 aromatic rings. The van der Waals surface area contributed by atoms with Gasteiger partial charge in [-0.25, -0.2) is 4.79 Å². The van der Waals surface area contributed by atoms with E-state index < -0.39 is 0 Å². The lowest BCUT2D eigenvalue weighted by Gasteiger charge is -2.02. The van der Waals surface area contributed by atoms with Crippen LogP contribution in [0.5, 0.6) is 0 Å². The van der Waals surface area contributed by atoms with Crippen molar-refractivity contribution in [3.05, 3.63) is 41.0 Å². The Balaban J connectivity index is 2.84. The van der Waals surface area contributed by atoms with Crippen LogP contribution in [-0.2, 0) is 16.1 Å². The molecule has 0 saturated heterocycles. The summed E-state index contributed by atoms with van der Waals surface area (Å²) in [5, 5.41) is 0. The van der Waals surface area contributed by atoms with Crippen LogP contribution < -0.4 is 5.73 Å². The van der Waals surface area contributed by atoms with E-state index in [-0.39, 0.29) is 5.97 Å². The lowest BCUT2D eigenvalue weighted by Crippen LogP contribution is -2.04. The van der Waals surface area contributed by atoms with Gasteiger partial charge < -0.3 is 10.5 Å². The van der Waals surface area contributed by atoms with Crippen molar-refractivity contribution in [2.24, 2.45) is 5.73 Å². The van der Waals surface area contributed by atoms with Crippen molar-refractivity contribution in [2.75, 3.05) is 6.61 Å². The van der Waals surface area contributed by atoms with Gasteiger partial charge in [-0.3, -0.25) is 0 Å². The zero-order valence-corrected chi connectivity index (χ0v) is 9.69. The zero-order valence-electron chi connectivity index (χ0n) is 9.69. The van der Waals surface area contributed by atoms with Gasteiger partial charge in [-0.1, -0.05) is 24.3 Å². The van der Waals surface area contributed by atoms with E-state index in [0.717, 1.165) is 11.1 Å². The van der Waals surface area contributed by atoms with Gasteiger partial charge in [0.15, 0.2) is 0 Å². The molecule has 0 amide bonds. The number of benzene rings is 1. The van der Waals surface area contributed by atoms with Gasteiger partial charge in [0.05, 0.1) is 6.61 Å². The number of ether oxygens (including phenoxy) is 1. The molecule has 0 heterocycles. The minimum absolute atomic E-state index is 0.277. The molecule has 86 valence electrons. The monoisotopic (exact) mass is 219 g/mol. The molecule has 0 atom stereocenters. The van der Waals surface area contributed by atoms with E-state index in [1.165, 1.54) is 0 Å². The maximum atomic E-state index is 11.4. The van der Waals surface area contributed by atoms with Crippen molar-refractivity contribution in [3.8, 4) is 0 Å². The molecular weight excluding hydrogens is 202 g/mol. The third-order valence-electron chi connectivity index (χ3n) is 2.17. The highest BCUT2D eigenvalue weighted by Gasteiger charge is 2.04. The molecule has 3 heteroatoms. The molecular formula is C13H17NO2. The van der Waals surface area contributed by atoms with Crippen LogP contribution in [0.15, 0.2) is 29.8 Å². The van der Waals surface area contributed by atoms with E-state index in [4.69, 9.17) is 10.5 Å². The number of carbonyl (C=O) groups excluding carboxylic acids is 1. The quantitative estimate of drug-likeness (QED) is 0.623. The van der Waals surface area contributed by atoms with Crippen molar-refractivity contribution >= 4 is 12.0 Å². The van der Waals surface area contributed by atoms with Gasteiger partial charge in [-0.2, -0.15) is 0 Å². The highest BCUT2D eigenvalue weighted by atomic mass is 16.5. The molecule has 0 fully saturated rings. The second kappa shape index (κ2) is 6.08. The third kappa shape index (κ3) is 3.51. The summed E-state index contributed by atoms with van der Waals surface area (Å²) in [6.45, 7) is 4.43. The Bertz CT molecular complexity index is 397. The molecule has 3 nitrogen and oxygen atoms in total. The van der Waals surface area contributed by atoms with E-state index >= 15 is 0 Å². The van der Waals surface area contributed by atoms with Gasteiger partial charge in [-0.15, -0.1) is 0 Å². The summed E-state index contributed by atoms with van der Waals surface area (Å²) in [4.78, 5) is 11.4. The molecule has 16 heavy (non-hydrogen) atoms. The maximum absolute atomic E-state index is 11.4. The maximum Gasteiger partial charge on any atom is 0.333 e. The lowest BCUT2D eigenvalue weighted by atomic mass is 10.1. The molecule has 0 unspecified atom stereocenters. The zero-order chi connectivity index (χ0) is 12.0. The first kappa shape index (κ1) is 12.5. The van der Waals surface area contributed by atoms with Crippen molar-refractivity contribution < 1.29 is 9.53 Å². The minimum atomic E-state index is -0.277. The number of nitrogens with two attached hydrogens (primary N) is 1. The van der Waals surface area contributed by atoms with Crippen LogP contribution in [0.3, 0.4) is 0 Å². The Labute approximate surface area is 95.9 Å². The highest BCUT2D eigenvalue weighted by Crippen LogP contribution is 2.10. The molecule has 0 aliphatic heterocycles. The summed E-state index contributed by atoms with van der Waals surface area (Å²) < 4.78 is 4.90. The average Bonchev–Trinajstić information content (AvgIpc) is 2.29. The molecule has 0 aromatic heterocycles. The van der Waals surface area contributed by atoms with E-state index in [0.29, 0.717) is 18.7 Å². The van der Waals surface area contributed by atoms with Crippen LogP contribution in [0.25, 0.3) is 6.08 Å². The van der Waals surface area contributed by atoms with E-state index in [1.54, 1.807) is 19.9 Å². The first-order valence-electron chi connectivity index (χ1n) is 5.31. The van der Waals surface area contributed by atoms with Crippen LogP contribution in [0.1, 0.15) is 25.0 Å². The second-order valence-electron chi connectivity index (χ2n) is 3.50. The van der Waals surface area contributed by atoms with Gasteiger partial charge in [0.25, 0.3) is 0 Å². The second-order valence-corrected chi connectivity index (χ2v) is 3.50. The van der Waals surface area contributed by atoms with Gasteiger partial charge in [-0.05, 0) is 31.1 Å². The fourth-order valence-electron chi connectivity index (χ4n) is 1.36. The summed E-state index contributed by atoms with van der Waals surface area (Å²) in [6, 6.07) is 7.77. The predicted octanol–water partition coefficient (Wildman–Crippen LogP) is 2.11. The fourth-order valence-corrected chi connectivity index (χ4v) is 1.36. The third-order valence-corrected chi connectivity index (χ3v) is 2.17. The van der Waals surface area contributed by atoms with Gasteiger partial charge >= 0.3 is 5.97 Å². The number of hydrogen-bond acceptors (Lipinski definition) is 3. The average molecular weight is 219 g/mol. The summed E-state index contributed by atoms with van der Waals surface area (Å²) in [5.41, 5.74) is 8.15. The molecule has 2 N–H and O–H groups in total. The SMILES string of the molecule is CCOC(=O)C(C)=Cc1cccc(CN)c1. The van der Waals surface area contributed by atoms with E-state index in [9.17, 15) is 4.79 Å². The smallest absolute Gasteiger partial charge is 0.333 e. The number of hydrogen-bond donors (Lipinski definition) is 1. The van der Waals surface area contributed by atoms with Crippen LogP contribution >= 0.6 is 0 Å². The fraction of sp³-hybridized carbons (Fsp3) is 0.308. The number of esters is 1. The van der Waals surface area contributed by atoms with E-state index in [1.807, 2.05) is 24.3 Å². The Hall–Kier alpha value is -1.61. The molecule has 1 rings (SSSR count). The molecule has 0 bridgehead atoms. The summed E-state index contributed by atoms with van der Waals surface area (Å²) in [6.07, 6.45) is 1.80. The van der Waals surface area contributed by atoms with Crippen molar-refractivity contribution in [1.29, 1.82) is 0 Å². The Morgan fingerprint density at radius 1 is 1.50 bits per heavy atom. The first-order valence-corrected chi connectivity index (χ1v) is 5.31. The Kier molecular flexibility index (Phi) is 4.73. The highest BCUT2D eigenvalue weighted by molar-refractivity contribution is 5.92. The standard InChI is InChI=1S/C13H17NO2/c1-3-16-13(15)10(2)7-11-5-4-6-12(8-11)9-14/h4-8H,3,9,14H2,1-2H3. The van der Waals surface area contributed by atoms with Gasteiger partial charge in [0.1, 0.15) is 0 Å². The van der Waals surface area contributed by atoms with Crippen LogP contribution in [-0.4, -0.2) is 12.6 Å². The van der Waals surface area contributed by atoms with Crippen molar-refractivity contribution in [2.45, 2.75) is 20.4 Å². The number of carbonyl (C=O) groups is 1. The molecule has 0 spiro atoms. The van der Waals surface area contributed by atoms with Crippen LogP contribution in [0, 0.1) is 0 Å². The lowest BCUT2D eigenvalue weighted by molar-refractivity contribution is -0.138. The summed E-state index contributed by atoms with van der Waals surface area (Å²) >= 11 is 0. The summed E-state index contributed by atoms with van der Waals surface area (Å²) in [5.74, 6) is -0.277. The Morgan fingerprint density at radius 2 is 2.25 bits per heavy atom. The normalized spacial score (nSPS) is 11.3. The largest absolute Gasteiger partial charge is 0.463 e. The molecule has 0 aliphatic carbocycles. The van der Waals surface area contributed by atoms with E-state index in [2.05, 4.69) is 0 Å². The van der Waals surface area contributed by atoms with Gasteiger partial charge in [0.2, 0.25) is 0 Å². The van der Waals surface area contributed by atoms with Crippen LogP contribution in [0.4, 0.5) is 0 Å². The molecule has 0 aliphatic rings. The topological polar surface area (TPSA) is 52.3 Å². The summed E-state index contributed by atoms with van der Waals surface area (Å²) in [7, 11) is 0. The minimum Gasteiger partial charge on any atom is -0.463 e. The van der Waals surface area contributed by atoms with Crippen molar-refractivity contribution in [1.82, 2.24) is 0 Å². The molecule has 1 aromatic carbocycles. The first-order chi connectivity index (χ1) is 7.67. The number of rotatable bonds is 4. The van der Waals surface area contributed by atoms with Crippen molar-refractivity contribution in [3.63, 3.8) is 0 Å². The predicted molar refractivity (Wildman–Crippen MR) is 64.6 cm³/mol. The molecule has 0 radical (unpaired) electrons. The molecule has 0 saturated carbocycles. The van der Waals surface area contributed by atoms with Crippen LogP contribution in [0.2, 0.25) is 0 Å².